The lowest BCUT2D eigenvalue weighted by molar-refractivity contribution is 0.677. The molecular weight excluding hydrogens is 264 g/mol. The molecule has 2 N–H and O–H groups in total. The zero-order valence-electron chi connectivity index (χ0n) is 7.57. The number of halogens is 1. The van der Waals surface area contributed by atoms with Crippen molar-refractivity contribution in [3.63, 3.8) is 0 Å². The van der Waals surface area contributed by atoms with Crippen molar-refractivity contribution in [2.45, 2.75) is 13.5 Å². The molecule has 0 aromatic carbocycles. The average molecular weight is 273 g/mol. The number of aromatic nitrogens is 3. The number of rotatable bonds is 2. The van der Waals surface area contributed by atoms with Gasteiger partial charge in [0.15, 0.2) is 5.82 Å². The van der Waals surface area contributed by atoms with Crippen molar-refractivity contribution in [2.24, 2.45) is 0 Å². The van der Waals surface area contributed by atoms with Gasteiger partial charge < -0.3 is 5.73 Å². The van der Waals surface area contributed by atoms with Gasteiger partial charge in [0.05, 0.1) is 21.7 Å². The van der Waals surface area contributed by atoms with Gasteiger partial charge in [-0.1, -0.05) is 0 Å². The van der Waals surface area contributed by atoms with Crippen molar-refractivity contribution in [3.05, 3.63) is 26.8 Å². The quantitative estimate of drug-likeness (QED) is 0.911. The van der Waals surface area contributed by atoms with Crippen molar-refractivity contribution in [2.75, 3.05) is 5.73 Å². The van der Waals surface area contributed by atoms with Gasteiger partial charge in [0, 0.05) is 11.6 Å². The van der Waals surface area contributed by atoms with Gasteiger partial charge in [-0.3, -0.25) is 4.68 Å². The minimum atomic E-state index is 0.511. The van der Waals surface area contributed by atoms with Gasteiger partial charge >= 0.3 is 0 Å². The highest BCUT2D eigenvalue weighted by Gasteiger charge is 2.04. The number of hydrogen-bond acceptors (Lipinski definition) is 4. The number of anilines is 1. The largest absolute Gasteiger partial charge is 0.381 e. The minimum Gasteiger partial charge on any atom is -0.381 e. The predicted molar refractivity (Wildman–Crippen MR) is 60.3 cm³/mol. The molecule has 2 aromatic heterocycles. The van der Waals surface area contributed by atoms with Crippen molar-refractivity contribution in [1.82, 2.24) is 14.8 Å². The third-order valence-electron chi connectivity index (χ3n) is 1.73. The first-order chi connectivity index (χ1) is 6.65. The number of nitrogens with two attached hydrogens (primary N) is 1. The summed E-state index contributed by atoms with van der Waals surface area (Å²) in [6.07, 6.45) is 1.85. The SMILES string of the molecule is Cc1nc(Cn2cc(Br)c(N)n2)cs1. The lowest BCUT2D eigenvalue weighted by atomic mass is 10.5. The Balaban J connectivity index is 2.18. The fourth-order valence-corrected chi connectivity index (χ4v) is 2.06. The summed E-state index contributed by atoms with van der Waals surface area (Å²) in [6, 6.07) is 0. The first-order valence-corrected chi connectivity index (χ1v) is 5.72. The molecule has 14 heavy (non-hydrogen) atoms. The topological polar surface area (TPSA) is 56.7 Å². The van der Waals surface area contributed by atoms with Crippen LogP contribution in [0, 0.1) is 6.92 Å². The van der Waals surface area contributed by atoms with Crippen LogP contribution in [0.5, 0.6) is 0 Å². The Morgan fingerprint density at radius 3 is 2.93 bits per heavy atom. The van der Waals surface area contributed by atoms with Gasteiger partial charge in [-0.2, -0.15) is 5.10 Å². The molecule has 0 fully saturated rings. The molecule has 74 valence electrons. The molecule has 0 atom stereocenters. The number of nitrogen functional groups attached to an aromatic ring is 1. The van der Waals surface area contributed by atoms with Gasteiger partial charge in [-0.25, -0.2) is 4.98 Å². The molecule has 6 heteroatoms. The number of aryl methyl sites for hydroxylation is 1. The van der Waals surface area contributed by atoms with E-state index in [1.807, 2.05) is 18.5 Å². The molecule has 0 aliphatic rings. The molecule has 0 saturated heterocycles. The van der Waals surface area contributed by atoms with E-state index < -0.39 is 0 Å². The highest BCUT2D eigenvalue weighted by molar-refractivity contribution is 9.10. The maximum absolute atomic E-state index is 5.60. The smallest absolute Gasteiger partial charge is 0.159 e. The molecule has 0 amide bonds. The molecule has 0 aliphatic carbocycles. The summed E-state index contributed by atoms with van der Waals surface area (Å²) in [6.45, 7) is 2.65. The predicted octanol–water partition coefficient (Wildman–Crippen LogP) is 2.04. The summed E-state index contributed by atoms with van der Waals surface area (Å²) in [7, 11) is 0. The van der Waals surface area contributed by atoms with E-state index in [-0.39, 0.29) is 0 Å². The normalized spacial score (nSPS) is 10.7. The van der Waals surface area contributed by atoms with Crippen LogP contribution in [0.4, 0.5) is 5.82 Å². The molecule has 0 saturated carbocycles. The second kappa shape index (κ2) is 3.70. The van der Waals surface area contributed by atoms with E-state index in [2.05, 4.69) is 26.0 Å². The molecule has 0 bridgehead atoms. The summed E-state index contributed by atoms with van der Waals surface area (Å²) in [5.74, 6) is 0.511. The summed E-state index contributed by atoms with van der Waals surface area (Å²) in [4.78, 5) is 4.35. The number of hydrogen-bond donors (Lipinski definition) is 1. The van der Waals surface area contributed by atoms with Gasteiger partial charge in [-0.15, -0.1) is 11.3 Å². The highest BCUT2D eigenvalue weighted by atomic mass is 79.9. The van der Waals surface area contributed by atoms with E-state index in [4.69, 9.17) is 5.73 Å². The summed E-state index contributed by atoms with van der Waals surface area (Å²) in [5, 5.41) is 7.22. The first-order valence-electron chi connectivity index (χ1n) is 4.04. The molecule has 0 aliphatic heterocycles. The molecule has 2 rings (SSSR count). The molecule has 0 unspecified atom stereocenters. The molecule has 2 heterocycles. The Kier molecular flexibility index (Phi) is 2.56. The van der Waals surface area contributed by atoms with Crippen molar-refractivity contribution >= 4 is 33.1 Å². The van der Waals surface area contributed by atoms with E-state index >= 15 is 0 Å². The third kappa shape index (κ3) is 1.96. The van der Waals surface area contributed by atoms with Crippen LogP contribution in [0.3, 0.4) is 0 Å². The monoisotopic (exact) mass is 272 g/mol. The summed E-state index contributed by atoms with van der Waals surface area (Å²) in [5.41, 5.74) is 6.62. The van der Waals surface area contributed by atoms with Crippen LogP contribution in [-0.2, 0) is 6.54 Å². The lowest BCUT2D eigenvalue weighted by Gasteiger charge is -1.95. The number of thiazole rings is 1. The van der Waals surface area contributed by atoms with Crippen LogP contribution in [0.25, 0.3) is 0 Å². The van der Waals surface area contributed by atoms with Crippen LogP contribution >= 0.6 is 27.3 Å². The van der Waals surface area contributed by atoms with E-state index in [1.54, 1.807) is 16.0 Å². The Bertz CT molecular complexity index is 428. The van der Waals surface area contributed by atoms with Gasteiger partial charge in [0.2, 0.25) is 0 Å². The third-order valence-corrected chi connectivity index (χ3v) is 3.17. The Labute approximate surface area is 93.9 Å². The summed E-state index contributed by atoms with van der Waals surface area (Å²) >= 11 is 4.95. The van der Waals surface area contributed by atoms with Crippen molar-refractivity contribution in [1.29, 1.82) is 0 Å². The molecular formula is C8H9BrN4S. The van der Waals surface area contributed by atoms with Gasteiger partial charge in [0.25, 0.3) is 0 Å². The maximum atomic E-state index is 5.60. The first kappa shape index (κ1) is 9.67. The van der Waals surface area contributed by atoms with E-state index in [9.17, 15) is 0 Å². The standard InChI is InChI=1S/C8H9BrN4S/c1-5-11-6(4-14-5)2-13-3-7(9)8(10)12-13/h3-4H,2H2,1H3,(H2,10,12). The van der Waals surface area contributed by atoms with E-state index in [1.165, 1.54) is 0 Å². The lowest BCUT2D eigenvalue weighted by Crippen LogP contribution is -2.01. The highest BCUT2D eigenvalue weighted by Crippen LogP contribution is 2.17. The van der Waals surface area contributed by atoms with Crippen LogP contribution in [0.15, 0.2) is 16.0 Å². The fourth-order valence-electron chi connectivity index (χ4n) is 1.14. The second-order valence-corrected chi connectivity index (χ2v) is 4.83. The maximum Gasteiger partial charge on any atom is 0.159 e. The molecule has 0 radical (unpaired) electrons. The van der Waals surface area contributed by atoms with Crippen LogP contribution in [0.2, 0.25) is 0 Å². The fraction of sp³-hybridized carbons (Fsp3) is 0.250. The van der Waals surface area contributed by atoms with Crippen LogP contribution < -0.4 is 5.73 Å². The van der Waals surface area contributed by atoms with Crippen LogP contribution in [-0.4, -0.2) is 14.8 Å². The Morgan fingerprint density at radius 1 is 1.64 bits per heavy atom. The molecule has 2 aromatic rings. The van der Waals surface area contributed by atoms with Crippen molar-refractivity contribution in [3.8, 4) is 0 Å². The zero-order chi connectivity index (χ0) is 10.1. The second-order valence-electron chi connectivity index (χ2n) is 2.92. The minimum absolute atomic E-state index is 0.511. The zero-order valence-corrected chi connectivity index (χ0v) is 9.97. The van der Waals surface area contributed by atoms with Crippen molar-refractivity contribution < 1.29 is 0 Å². The van der Waals surface area contributed by atoms with Crippen LogP contribution in [0.1, 0.15) is 10.7 Å². The molecule has 0 spiro atoms. The average Bonchev–Trinajstić information content (AvgIpc) is 2.62. The van der Waals surface area contributed by atoms with E-state index in [0.717, 1.165) is 15.2 Å². The van der Waals surface area contributed by atoms with Gasteiger partial charge in [0.1, 0.15) is 0 Å². The Hall–Kier alpha value is -0.880. The summed E-state index contributed by atoms with van der Waals surface area (Å²) < 4.78 is 2.60. The number of nitrogens with zero attached hydrogens (tertiary/aromatic N) is 3. The molecule has 4 nitrogen and oxygen atoms in total. The van der Waals surface area contributed by atoms with Gasteiger partial charge in [-0.05, 0) is 22.9 Å². The van der Waals surface area contributed by atoms with E-state index in [0.29, 0.717) is 12.4 Å². The Morgan fingerprint density at radius 2 is 2.43 bits per heavy atom.